The Hall–Kier alpha value is -3.26. The minimum atomic E-state index is -0.385. The zero-order valence-corrected chi connectivity index (χ0v) is 11.7. The van der Waals surface area contributed by atoms with E-state index in [2.05, 4.69) is 27.1 Å². The first-order valence-electron chi connectivity index (χ1n) is 6.95. The highest BCUT2D eigenvalue weighted by atomic mass is 15.4. The van der Waals surface area contributed by atoms with E-state index in [1.54, 1.807) is 0 Å². The van der Waals surface area contributed by atoms with Crippen LogP contribution >= 0.6 is 0 Å². The SMILES string of the molecule is NC1=N[C@@H](C#Cc2ccccc2)n2c(nc3ccccc32)N1. The molecule has 5 heteroatoms. The van der Waals surface area contributed by atoms with Crippen molar-refractivity contribution >= 4 is 22.9 Å². The fraction of sp³-hybridized carbons (Fsp3) is 0.0588. The number of aromatic nitrogens is 2. The maximum absolute atomic E-state index is 5.85. The standard InChI is InChI=1S/C17H13N5/c18-16-20-15(11-10-12-6-2-1-3-7-12)22-14-9-5-4-8-13(14)19-17(22)21-16/h1-9,15H,(H3,18,19,20,21)/t15-/m1/s1. The average Bonchev–Trinajstić information content (AvgIpc) is 2.91. The highest BCUT2D eigenvalue weighted by molar-refractivity contribution is 5.94. The zero-order chi connectivity index (χ0) is 14.9. The number of aliphatic imine (C=N–C) groups is 1. The maximum atomic E-state index is 5.85. The summed E-state index contributed by atoms with van der Waals surface area (Å²) < 4.78 is 1.96. The molecule has 2 aromatic carbocycles. The number of nitrogens with two attached hydrogens (primary N) is 1. The second-order valence-electron chi connectivity index (χ2n) is 4.94. The van der Waals surface area contributed by atoms with Crippen molar-refractivity contribution < 1.29 is 0 Å². The molecular formula is C17H13N5. The van der Waals surface area contributed by atoms with Crippen LogP contribution in [0.1, 0.15) is 11.7 Å². The molecule has 0 unspecified atom stereocenters. The van der Waals surface area contributed by atoms with Gasteiger partial charge < -0.3 is 5.73 Å². The highest BCUT2D eigenvalue weighted by Crippen LogP contribution is 2.27. The summed E-state index contributed by atoms with van der Waals surface area (Å²) in [6, 6.07) is 17.7. The van der Waals surface area contributed by atoms with E-state index in [1.165, 1.54) is 0 Å². The van der Waals surface area contributed by atoms with Gasteiger partial charge in [-0.2, -0.15) is 0 Å². The largest absolute Gasteiger partial charge is 0.370 e. The summed E-state index contributed by atoms with van der Waals surface area (Å²) in [7, 11) is 0. The molecule has 1 aromatic heterocycles. The fourth-order valence-corrected chi connectivity index (χ4v) is 2.48. The molecule has 0 aliphatic carbocycles. The van der Waals surface area contributed by atoms with Crippen molar-refractivity contribution in [2.75, 3.05) is 5.32 Å². The van der Waals surface area contributed by atoms with Gasteiger partial charge in [0.1, 0.15) is 0 Å². The Kier molecular flexibility index (Phi) is 2.80. The first kappa shape index (κ1) is 12.5. The van der Waals surface area contributed by atoms with Gasteiger partial charge in [-0.05, 0) is 30.2 Å². The molecule has 0 saturated carbocycles. The van der Waals surface area contributed by atoms with Crippen molar-refractivity contribution in [1.29, 1.82) is 0 Å². The monoisotopic (exact) mass is 287 g/mol. The summed E-state index contributed by atoms with van der Waals surface area (Å²) >= 11 is 0. The molecular weight excluding hydrogens is 274 g/mol. The fourth-order valence-electron chi connectivity index (χ4n) is 2.48. The molecule has 2 heterocycles. The molecule has 1 aliphatic rings. The Labute approximate surface area is 127 Å². The van der Waals surface area contributed by atoms with Gasteiger partial charge in [0.25, 0.3) is 0 Å². The minimum absolute atomic E-state index is 0.329. The molecule has 4 rings (SSSR count). The van der Waals surface area contributed by atoms with Crippen molar-refractivity contribution in [2.45, 2.75) is 6.17 Å². The minimum Gasteiger partial charge on any atom is -0.370 e. The quantitative estimate of drug-likeness (QED) is 0.623. The number of nitrogens with one attached hydrogen (secondary N) is 1. The number of nitrogens with zero attached hydrogens (tertiary/aromatic N) is 3. The summed E-state index contributed by atoms with van der Waals surface area (Å²) in [5.41, 5.74) is 8.66. The molecule has 0 spiro atoms. The van der Waals surface area contributed by atoms with E-state index in [-0.39, 0.29) is 6.17 Å². The number of hydrogen-bond donors (Lipinski definition) is 2. The van der Waals surface area contributed by atoms with Gasteiger partial charge in [-0.25, -0.2) is 9.98 Å². The lowest BCUT2D eigenvalue weighted by molar-refractivity contribution is 0.668. The second-order valence-corrected chi connectivity index (χ2v) is 4.94. The van der Waals surface area contributed by atoms with E-state index < -0.39 is 0 Å². The van der Waals surface area contributed by atoms with Crippen LogP contribution in [0.2, 0.25) is 0 Å². The molecule has 3 aromatic rings. The van der Waals surface area contributed by atoms with Gasteiger partial charge in [0, 0.05) is 5.56 Å². The molecule has 3 N–H and O–H groups in total. The number of imidazole rings is 1. The molecule has 0 radical (unpaired) electrons. The van der Waals surface area contributed by atoms with E-state index in [4.69, 9.17) is 5.73 Å². The average molecular weight is 287 g/mol. The molecule has 0 fully saturated rings. The number of rotatable bonds is 0. The topological polar surface area (TPSA) is 68.2 Å². The lowest BCUT2D eigenvalue weighted by Crippen LogP contribution is -2.30. The van der Waals surface area contributed by atoms with Gasteiger partial charge in [0.2, 0.25) is 5.95 Å². The number of anilines is 1. The van der Waals surface area contributed by atoms with Gasteiger partial charge >= 0.3 is 0 Å². The van der Waals surface area contributed by atoms with E-state index >= 15 is 0 Å². The van der Waals surface area contributed by atoms with Gasteiger partial charge in [0.05, 0.1) is 11.0 Å². The van der Waals surface area contributed by atoms with Crippen LogP contribution in [0.3, 0.4) is 0 Å². The van der Waals surface area contributed by atoms with Crippen LogP contribution in [0.4, 0.5) is 5.95 Å². The molecule has 0 bridgehead atoms. The normalized spacial score (nSPS) is 16.2. The van der Waals surface area contributed by atoms with Crippen LogP contribution in [0.5, 0.6) is 0 Å². The van der Waals surface area contributed by atoms with Crippen molar-refractivity contribution in [1.82, 2.24) is 9.55 Å². The lowest BCUT2D eigenvalue weighted by Gasteiger charge is -2.19. The Morgan fingerprint density at radius 2 is 1.82 bits per heavy atom. The summed E-state index contributed by atoms with van der Waals surface area (Å²) in [5.74, 6) is 7.31. The van der Waals surface area contributed by atoms with Gasteiger partial charge in [-0.1, -0.05) is 36.3 Å². The van der Waals surface area contributed by atoms with Crippen LogP contribution in [0, 0.1) is 11.8 Å². The third kappa shape index (κ3) is 2.07. The second kappa shape index (κ2) is 4.93. The van der Waals surface area contributed by atoms with Crippen LogP contribution in [-0.4, -0.2) is 15.5 Å². The van der Waals surface area contributed by atoms with Crippen molar-refractivity contribution in [3.63, 3.8) is 0 Å². The lowest BCUT2D eigenvalue weighted by atomic mass is 10.2. The van der Waals surface area contributed by atoms with Crippen LogP contribution in [0.25, 0.3) is 11.0 Å². The smallest absolute Gasteiger partial charge is 0.213 e. The molecule has 1 aliphatic heterocycles. The van der Waals surface area contributed by atoms with Crippen LogP contribution in [0.15, 0.2) is 59.6 Å². The third-order valence-electron chi connectivity index (χ3n) is 3.46. The Balaban J connectivity index is 1.83. The molecule has 1 atom stereocenters. The highest BCUT2D eigenvalue weighted by Gasteiger charge is 2.21. The first-order chi connectivity index (χ1) is 10.8. The maximum Gasteiger partial charge on any atom is 0.213 e. The first-order valence-corrected chi connectivity index (χ1v) is 6.95. The summed E-state index contributed by atoms with van der Waals surface area (Å²) in [6.07, 6.45) is -0.385. The number of hydrogen-bond acceptors (Lipinski definition) is 4. The zero-order valence-electron chi connectivity index (χ0n) is 11.7. The van der Waals surface area contributed by atoms with Crippen molar-refractivity contribution in [3.05, 3.63) is 60.2 Å². The molecule has 5 nitrogen and oxygen atoms in total. The summed E-state index contributed by atoms with van der Waals surface area (Å²) in [6.45, 7) is 0. The third-order valence-corrected chi connectivity index (χ3v) is 3.46. The van der Waals surface area contributed by atoms with Crippen LogP contribution in [-0.2, 0) is 0 Å². The van der Waals surface area contributed by atoms with E-state index in [9.17, 15) is 0 Å². The Morgan fingerprint density at radius 3 is 2.68 bits per heavy atom. The van der Waals surface area contributed by atoms with Crippen molar-refractivity contribution in [2.24, 2.45) is 10.7 Å². The van der Waals surface area contributed by atoms with Gasteiger partial charge in [-0.3, -0.25) is 9.88 Å². The predicted molar refractivity (Wildman–Crippen MR) is 87.3 cm³/mol. The van der Waals surface area contributed by atoms with Gasteiger partial charge in [0.15, 0.2) is 12.1 Å². The van der Waals surface area contributed by atoms with Crippen LogP contribution < -0.4 is 11.1 Å². The Bertz CT molecular complexity index is 928. The Morgan fingerprint density at radius 1 is 1.05 bits per heavy atom. The number of guanidine groups is 1. The van der Waals surface area contributed by atoms with E-state index in [1.807, 2.05) is 59.2 Å². The molecule has 0 amide bonds. The molecule has 106 valence electrons. The summed E-state index contributed by atoms with van der Waals surface area (Å²) in [4.78, 5) is 8.93. The van der Waals surface area contributed by atoms with E-state index in [0.29, 0.717) is 11.9 Å². The number of benzene rings is 2. The molecule has 0 saturated heterocycles. The van der Waals surface area contributed by atoms with Gasteiger partial charge in [-0.15, -0.1) is 0 Å². The number of para-hydroxylation sites is 2. The molecule has 22 heavy (non-hydrogen) atoms. The summed E-state index contributed by atoms with van der Waals surface area (Å²) in [5, 5.41) is 2.99. The number of fused-ring (bicyclic) bond motifs is 3. The predicted octanol–water partition coefficient (Wildman–Crippen LogP) is 2.33. The van der Waals surface area contributed by atoms with Crippen molar-refractivity contribution in [3.8, 4) is 11.8 Å². The van der Waals surface area contributed by atoms with E-state index in [0.717, 1.165) is 16.6 Å².